The highest BCUT2D eigenvalue weighted by molar-refractivity contribution is 5.74. The van der Waals surface area contributed by atoms with Gasteiger partial charge in [0.2, 0.25) is 0 Å². The highest BCUT2D eigenvalue weighted by atomic mass is 19.1. The number of aryl methyl sites for hydroxylation is 1. The quantitative estimate of drug-likeness (QED) is 0.920. The van der Waals surface area contributed by atoms with Crippen molar-refractivity contribution in [3.63, 3.8) is 0 Å². The zero-order chi connectivity index (χ0) is 14.9. The van der Waals surface area contributed by atoms with Crippen molar-refractivity contribution in [3.8, 4) is 0 Å². The predicted octanol–water partition coefficient (Wildman–Crippen LogP) is 2.25. The first-order chi connectivity index (χ1) is 9.34. The van der Waals surface area contributed by atoms with E-state index in [1.165, 1.54) is 6.33 Å². The zero-order valence-electron chi connectivity index (χ0n) is 12.1. The van der Waals surface area contributed by atoms with Crippen LogP contribution in [0.15, 0.2) is 6.33 Å². The number of carboxylic acids is 1. The van der Waals surface area contributed by atoms with Crippen molar-refractivity contribution in [2.75, 3.05) is 18.0 Å². The van der Waals surface area contributed by atoms with E-state index in [2.05, 4.69) is 9.97 Å². The number of aliphatic carboxylic acids is 1. The summed E-state index contributed by atoms with van der Waals surface area (Å²) in [6, 6.07) is 0. The summed E-state index contributed by atoms with van der Waals surface area (Å²) in [5, 5.41) is 9.33. The van der Waals surface area contributed by atoms with E-state index in [1.807, 2.05) is 4.90 Å². The molecule has 1 aromatic rings. The second-order valence-corrected chi connectivity index (χ2v) is 5.91. The van der Waals surface area contributed by atoms with E-state index in [0.717, 1.165) is 12.8 Å². The minimum atomic E-state index is -0.822. The van der Waals surface area contributed by atoms with E-state index in [-0.39, 0.29) is 11.7 Å². The summed E-state index contributed by atoms with van der Waals surface area (Å²) < 4.78 is 14.1. The molecule has 0 spiro atoms. The summed E-state index contributed by atoms with van der Waals surface area (Å²) in [5.41, 5.74) is -0.508. The summed E-state index contributed by atoms with van der Waals surface area (Å²) >= 11 is 0. The molecular weight excluding hydrogens is 261 g/mol. The van der Waals surface area contributed by atoms with Gasteiger partial charge in [-0.05, 0) is 39.5 Å². The zero-order valence-corrected chi connectivity index (χ0v) is 12.1. The fourth-order valence-corrected chi connectivity index (χ4v) is 2.60. The fraction of sp³-hybridized carbons (Fsp3) is 0.643. The van der Waals surface area contributed by atoms with Gasteiger partial charge in [-0.3, -0.25) is 4.79 Å². The molecule has 1 fully saturated rings. The third-order valence-corrected chi connectivity index (χ3v) is 4.24. The van der Waals surface area contributed by atoms with Crippen molar-refractivity contribution in [2.45, 2.75) is 33.6 Å². The smallest absolute Gasteiger partial charge is 0.309 e. The Labute approximate surface area is 117 Å². The molecule has 0 aliphatic carbocycles. The molecular formula is C14H20FN3O2. The van der Waals surface area contributed by atoms with Crippen molar-refractivity contribution in [1.29, 1.82) is 0 Å². The molecule has 5 nitrogen and oxygen atoms in total. The molecule has 0 aromatic carbocycles. The Kier molecular flexibility index (Phi) is 3.92. The van der Waals surface area contributed by atoms with Gasteiger partial charge in [0.05, 0.1) is 11.1 Å². The van der Waals surface area contributed by atoms with Gasteiger partial charge in [0.15, 0.2) is 11.6 Å². The highest BCUT2D eigenvalue weighted by Crippen LogP contribution is 2.35. The molecule has 1 atom stereocenters. The van der Waals surface area contributed by atoms with E-state index >= 15 is 0 Å². The number of rotatable bonds is 3. The molecule has 0 bridgehead atoms. The fourth-order valence-electron chi connectivity index (χ4n) is 2.60. The lowest BCUT2D eigenvalue weighted by Gasteiger charge is -2.39. The van der Waals surface area contributed by atoms with Gasteiger partial charge >= 0.3 is 5.97 Å². The van der Waals surface area contributed by atoms with Gasteiger partial charge in [0.1, 0.15) is 6.33 Å². The molecule has 0 amide bonds. The van der Waals surface area contributed by atoms with Crippen LogP contribution in [0.5, 0.6) is 0 Å². The van der Waals surface area contributed by atoms with Crippen molar-refractivity contribution < 1.29 is 14.3 Å². The standard InChI is InChI=1S/C14H20FN3O2/c1-9-11(15)12(17-8-16-9)18-6-4-5-10(7-18)14(2,3)13(19)20/h8,10H,4-7H2,1-3H3,(H,19,20). The molecule has 110 valence electrons. The SMILES string of the molecule is Cc1ncnc(N2CCCC(C(C)(C)C(=O)O)C2)c1F. The molecule has 0 radical (unpaired) electrons. The Morgan fingerprint density at radius 1 is 1.50 bits per heavy atom. The Hall–Kier alpha value is -1.72. The number of hydrogen-bond donors (Lipinski definition) is 1. The number of carbonyl (C=O) groups is 1. The number of anilines is 1. The summed E-state index contributed by atoms with van der Waals surface area (Å²) in [5.74, 6) is -0.975. The van der Waals surface area contributed by atoms with E-state index in [1.54, 1.807) is 20.8 Å². The van der Waals surface area contributed by atoms with Gasteiger partial charge in [0.25, 0.3) is 0 Å². The molecule has 1 saturated heterocycles. The third kappa shape index (κ3) is 2.59. The van der Waals surface area contributed by atoms with E-state index < -0.39 is 17.2 Å². The van der Waals surface area contributed by atoms with Crippen LogP contribution < -0.4 is 4.90 Å². The first-order valence-corrected chi connectivity index (χ1v) is 6.79. The lowest BCUT2D eigenvalue weighted by molar-refractivity contribution is -0.150. The third-order valence-electron chi connectivity index (χ3n) is 4.24. The topological polar surface area (TPSA) is 66.3 Å². The lowest BCUT2D eigenvalue weighted by atomic mass is 9.74. The van der Waals surface area contributed by atoms with E-state index in [4.69, 9.17) is 0 Å². The Morgan fingerprint density at radius 2 is 2.20 bits per heavy atom. The van der Waals surface area contributed by atoms with E-state index in [9.17, 15) is 14.3 Å². The molecule has 20 heavy (non-hydrogen) atoms. The van der Waals surface area contributed by atoms with Crippen LogP contribution in [0, 0.1) is 24.1 Å². The Balaban J connectivity index is 2.23. The molecule has 0 saturated carbocycles. The van der Waals surface area contributed by atoms with Gasteiger partial charge < -0.3 is 10.0 Å². The average molecular weight is 281 g/mol. The first kappa shape index (κ1) is 14.7. The number of nitrogens with zero attached hydrogens (tertiary/aromatic N) is 3. The van der Waals surface area contributed by atoms with Gasteiger partial charge in [-0.1, -0.05) is 0 Å². The molecule has 6 heteroatoms. The Bertz CT molecular complexity index is 519. The van der Waals surface area contributed by atoms with Crippen molar-refractivity contribution in [2.24, 2.45) is 11.3 Å². The average Bonchev–Trinajstić information content (AvgIpc) is 2.42. The van der Waals surface area contributed by atoms with Gasteiger partial charge in [0, 0.05) is 13.1 Å². The second kappa shape index (κ2) is 5.34. The Morgan fingerprint density at radius 3 is 2.85 bits per heavy atom. The first-order valence-electron chi connectivity index (χ1n) is 6.79. The molecule has 2 rings (SSSR count). The number of carboxylic acid groups (broad SMARTS) is 1. The highest BCUT2D eigenvalue weighted by Gasteiger charge is 2.39. The number of halogens is 1. The predicted molar refractivity (Wildman–Crippen MR) is 73.1 cm³/mol. The maximum atomic E-state index is 14.1. The molecule has 1 aliphatic rings. The van der Waals surface area contributed by atoms with Gasteiger partial charge in [-0.15, -0.1) is 0 Å². The van der Waals surface area contributed by atoms with Crippen LogP contribution in [0.2, 0.25) is 0 Å². The number of aromatic nitrogens is 2. The molecule has 1 unspecified atom stereocenters. The van der Waals surface area contributed by atoms with Crippen LogP contribution in [0.4, 0.5) is 10.2 Å². The normalized spacial score (nSPS) is 20.0. The molecule has 1 aromatic heterocycles. The largest absolute Gasteiger partial charge is 0.481 e. The minimum Gasteiger partial charge on any atom is -0.481 e. The lowest BCUT2D eigenvalue weighted by Crippen LogP contribution is -2.45. The van der Waals surface area contributed by atoms with Crippen LogP contribution in [-0.2, 0) is 4.79 Å². The molecule has 2 heterocycles. The van der Waals surface area contributed by atoms with Crippen molar-refractivity contribution in [1.82, 2.24) is 9.97 Å². The summed E-state index contributed by atoms with van der Waals surface area (Å²) in [6.07, 6.45) is 3.02. The second-order valence-electron chi connectivity index (χ2n) is 5.91. The summed E-state index contributed by atoms with van der Waals surface area (Å²) in [7, 11) is 0. The van der Waals surface area contributed by atoms with Crippen LogP contribution in [-0.4, -0.2) is 34.1 Å². The summed E-state index contributed by atoms with van der Waals surface area (Å²) in [4.78, 5) is 21.0. The molecule has 1 N–H and O–H groups in total. The van der Waals surface area contributed by atoms with E-state index in [0.29, 0.717) is 18.8 Å². The van der Waals surface area contributed by atoms with Crippen LogP contribution in [0.25, 0.3) is 0 Å². The van der Waals surface area contributed by atoms with Crippen molar-refractivity contribution in [3.05, 3.63) is 17.8 Å². The monoisotopic (exact) mass is 281 g/mol. The van der Waals surface area contributed by atoms with Gasteiger partial charge in [-0.25, -0.2) is 14.4 Å². The molecule has 1 aliphatic heterocycles. The maximum absolute atomic E-state index is 14.1. The van der Waals surface area contributed by atoms with Crippen LogP contribution >= 0.6 is 0 Å². The summed E-state index contributed by atoms with van der Waals surface area (Å²) in [6.45, 7) is 6.26. The minimum absolute atomic E-state index is 0.0246. The van der Waals surface area contributed by atoms with Gasteiger partial charge in [-0.2, -0.15) is 0 Å². The van der Waals surface area contributed by atoms with Crippen LogP contribution in [0.1, 0.15) is 32.4 Å². The van der Waals surface area contributed by atoms with Crippen molar-refractivity contribution >= 4 is 11.8 Å². The number of piperidine rings is 1. The van der Waals surface area contributed by atoms with Crippen LogP contribution in [0.3, 0.4) is 0 Å². The maximum Gasteiger partial charge on any atom is 0.309 e. The number of hydrogen-bond acceptors (Lipinski definition) is 4.